The van der Waals surface area contributed by atoms with Gasteiger partial charge in [-0.2, -0.15) is 0 Å². The molecule has 138 valence electrons. The molecule has 0 bridgehead atoms. The van der Waals surface area contributed by atoms with Crippen LogP contribution in [0, 0.1) is 5.92 Å². The summed E-state index contributed by atoms with van der Waals surface area (Å²) in [5, 5.41) is 3.23. The van der Waals surface area contributed by atoms with Crippen LogP contribution in [0.1, 0.15) is 46.8 Å². The maximum absolute atomic E-state index is 12.4. The van der Waals surface area contributed by atoms with E-state index in [4.69, 9.17) is 16.3 Å². The zero-order valence-electron chi connectivity index (χ0n) is 14.9. The second kappa shape index (κ2) is 8.23. The fourth-order valence-electron chi connectivity index (χ4n) is 3.13. The number of thiophene rings is 1. The van der Waals surface area contributed by atoms with Crippen molar-refractivity contribution < 1.29 is 14.3 Å². The molecule has 0 aliphatic heterocycles. The number of esters is 1. The summed E-state index contributed by atoms with van der Waals surface area (Å²) in [7, 11) is 0. The number of ether oxygens (including phenoxy) is 1. The minimum absolute atomic E-state index is 0.381. The Kier molecular flexibility index (Phi) is 5.99. The summed E-state index contributed by atoms with van der Waals surface area (Å²) in [5.74, 6) is -0.123. The van der Waals surface area contributed by atoms with Crippen LogP contribution in [-0.2, 0) is 22.4 Å². The monoisotopic (exact) mass is 391 g/mol. The van der Waals surface area contributed by atoms with Gasteiger partial charge in [-0.3, -0.25) is 4.79 Å². The smallest absolute Gasteiger partial charge is 0.349 e. The molecular weight excluding hydrogens is 370 g/mol. The van der Waals surface area contributed by atoms with E-state index in [1.165, 1.54) is 28.2 Å². The Bertz CT molecular complexity index is 817. The van der Waals surface area contributed by atoms with E-state index in [1.54, 1.807) is 31.2 Å². The van der Waals surface area contributed by atoms with Crippen molar-refractivity contribution in [2.24, 2.45) is 5.92 Å². The summed E-state index contributed by atoms with van der Waals surface area (Å²) in [5.41, 5.74) is 1.83. The average molecular weight is 392 g/mol. The first kappa shape index (κ1) is 18.9. The number of halogens is 1. The highest BCUT2D eigenvalue weighted by molar-refractivity contribution is 7.14. The molecule has 1 aliphatic rings. The molecule has 2 atom stereocenters. The highest BCUT2D eigenvalue weighted by Crippen LogP contribution is 2.34. The van der Waals surface area contributed by atoms with Crippen LogP contribution < -0.4 is 5.32 Å². The highest BCUT2D eigenvalue weighted by Gasteiger charge is 2.25. The topological polar surface area (TPSA) is 55.4 Å². The number of aryl methyl sites for hydroxylation is 1. The van der Waals surface area contributed by atoms with Crippen molar-refractivity contribution in [1.82, 2.24) is 0 Å². The van der Waals surface area contributed by atoms with Crippen molar-refractivity contribution in [1.29, 1.82) is 0 Å². The van der Waals surface area contributed by atoms with E-state index in [-0.39, 0.29) is 5.91 Å². The molecule has 4 nitrogen and oxygen atoms in total. The molecule has 1 aliphatic carbocycles. The van der Waals surface area contributed by atoms with Gasteiger partial charge in [0.2, 0.25) is 0 Å². The quantitative estimate of drug-likeness (QED) is 0.721. The van der Waals surface area contributed by atoms with Gasteiger partial charge in [0.1, 0.15) is 4.88 Å². The fourth-order valence-corrected chi connectivity index (χ4v) is 4.41. The number of hydrogen-bond acceptors (Lipinski definition) is 4. The Morgan fingerprint density at radius 1 is 1.38 bits per heavy atom. The molecule has 3 rings (SSSR count). The van der Waals surface area contributed by atoms with E-state index < -0.39 is 12.1 Å². The molecule has 2 aromatic rings. The number of fused-ring (bicyclic) bond motifs is 1. The Morgan fingerprint density at radius 3 is 2.92 bits per heavy atom. The standard InChI is InChI=1S/C20H22ClNO3S/c1-3-13-7-8-17-14(9-13)10-18(26-17)20(24)25-12(2)19(23)22-16-6-4-5-15(21)11-16/h4-6,10-13H,3,7-9H2,1-2H3,(H,22,23)/t12-,13-/m1/s1. The molecule has 1 heterocycles. The molecule has 0 fully saturated rings. The maximum Gasteiger partial charge on any atom is 0.349 e. The lowest BCUT2D eigenvalue weighted by Crippen LogP contribution is -2.29. The van der Waals surface area contributed by atoms with Crippen molar-refractivity contribution in [2.45, 2.75) is 45.6 Å². The van der Waals surface area contributed by atoms with E-state index in [9.17, 15) is 9.59 Å². The van der Waals surface area contributed by atoms with Gasteiger partial charge in [-0.15, -0.1) is 11.3 Å². The van der Waals surface area contributed by atoms with Crippen molar-refractivity contribution in [3.63, 3.8) is 0 Å². The lowest BCUT2D eigenvalue weighted by molar-refractivity contribution is -0.123. The van der Waals surface area contributed by atoms with Gasteiger partial charge in [-0.05, 0) is 61.9 Å². The van der Waals surface area contributed by atoms with E-state index in [1.807, 2.05) is 6.07 Å². The Labute approximate surface area is 162 Å². The first-order valence-corrected chi connectivity index (χ1v) is 10.0. The van der Waals surface area contributed by atoms with Gasteiger partial charge in [-0.25, -0.2) is 4.79 Å². The van der Waals surface area contributed by atoms with Crippen LogP contribution in [-0.4, -0.2) is 18.0 Å². The minimum atomic E-state index is -0.885. The predicted molar refractivity (Wildman–Crippen MR) is 105 cm³/mol. The fraction of sp³-hybridized carbons (Fsp3) is 0.400. The second-order valence-electron chi connectivity index (χ2n) is 6.62. The van der Waals surface area contributed by atoms with Gasteiger partial charge in [0.15, 0.2) is 6.10 Å². The molecule has 1 aromatic carbocycles. The lowest BCUT2D eigenvalue weighted by atomic mass is 9.87. The molecular formula is C20H22ClNO3S. The zero-order valence-corrected chi connectivity index (χ0v) is 16.5. The van der Waals surface area contributed by atoms with Crippen LogP contribution >= 0.6 is 22.9 Å². The molecule has 1 aromatic heterocycles. The first-order chi connectivity index (χ1) is 12.5. The SMILES string of the molecule is CC[C@@H]1CCc2sc(C(=O)O[C@H](C)C(=O)Nc3cccc(Cl)c3)cc2C1. The number of amides is 1. The molecule has 26 heavy (non-hydrogen) atoms. The maximum atomic E-state index is 12.4. The molecule has 6 heteroatoms. The van der Waals surface area contributed by atoms with Gasteiger partial charge in [0, 0.05) is 15.6 Å². The van der Waals surface area contributed by atoms with Crippen LogP contribution in [0.25, 0.3) is 0 Å². The Morgan fingerprint density at radius 2 is 2.19 bits per heavy atom. The molecule has 0 spiro atoms. The zero-order chi connectivity index (χ0) is 18.7. The average Bonchev–Trinajstić information content (AvgIpc) is 3.04. The summed E-state index contributed by atoms with van der Waals surface area (Å²) in [6.45, 7) is 3.77. The molecule has 0 saturated carbocycles. The largest absolute Gasteiger partial charge is 0.448 e. The minimum Gasteiger partial charge on any atom is -0.448 e. The van der Waals surface area contributed by atoms with E-state index in [0.717, 1.165) is 19.3 Å². The van der Waals surface area contributed by atoms with Crippen LogP contribution in [0.4, 0.5) is 5.69 Å². The van der Waals surface area contributed by atoms with Crippen molar-refractivity contribution >= 4 is 40.5 Å². The van der Waals surface area contributed by atoms with Crippen molar-refractivity contribution in [2.75, 3.05) is 5.32 Å². The van der Waals surface area contributed by atoms with E-state index in [2.05, 4.69) is 12.2 Å². The molecule has 0 radical (unpaired) electrons. The highest BCUT2D eigenvalue weighted by atomic mass is 35.5. The van der Waals surface area contributed by atoms with E-state index >= 15 is 0 Å². The van der Waals surface area contributed by atoms with Gasteiger partial charge < -0.3 is 10.1 Å². The number of carbonyl (C=O) groups is 2. The number of nitrogens with one attached hydrogen (secondary N) is 1. The third-order valence-electron chi connectivity index (χ3n) is 4.71. The second-order valence-corrected chi connectivity index (χ2v) is 8.20. The van der Waals surface area contributed by atoms with Crippen molar-refractivity contribution in [3.05, 3.63) is 50.7 Å². The van der Waals surface area contributed by atoms with Gasteiger partial charge in [0.25, 0.3) is 5.91 Å². The lowest BCUT2D eigenvalue weighted by Gasteiger charge is -2.19. The Balaban J connectivity index is 1.61. The summed E-state index contributed by atoms with van der Waals surface area (Å²) in [4.78, 5) is 26.5. The number of hydrogen-bond donors (Lipinski definition) is 1. The Hall–Kier alpha value is -1.85. The number of benzene rings is 1. The summed E-state index contributed by atoms with van der Waals surface area (Å²) in [6.07, 6.45) is 3.51. The molecule has 1 N–H and O–H groups in total. The van der Waals surface area contributed by atoms with Gasteiger partial charge >= 0.3 is 5.97 Å². The number of anilines is 1. The summed E-state index contributed by atoms with van der Waals surface area (Å²) in [6, 6.07) is 8.78. The molecule has 0 unspecified atom stereocenters. The summed E-state index contributed by atoms with van der Waals surface area (Å²) >= 11 is 7.40. The number of rotatable bonds is 5. The van der Waals surface area contributed by atoms with Crippen LogP contribution in [0.2, 0.25) is 5.02 Å². The molecule has 1 amide bonds. The van der Waals surface area contributed by atoms with Crippen LogP contribution in [0.15, 0.2) is 30.3 Å². The third-order valence-corrected chi connectivity index (χ3v) is 6.16. The predicted octanol–water partition coefficient (Wildman–Crippen LogP) is 5.10. The van der Waals surface area contributed by atoms with E-state index in [0.29, 0.717) is 21.5 Å². The molecule has 0 saturated heterocycles. The number of carbonyl (C=O) groups excluding carboxylic acids is 2. The van der Waals surface area contributed by atoms with Gasteiger partial charge in [0.05, 0.1) is 0 Å². The van der Waals surface area contributed by atoms with Crippen molar-refractivity contribution in [3.8, 4) is 0 Å². The third kappa shape index (κ3) is 4.46. The van der Waals surface area contributed by atoms with Gasteiger partial charge in [-0.1, -0.05) is 31.0 Å². The van der Waals surface area contributed by atoms with Crippen LogP contribution in [0.5, 0.6) is 0 Å². The normalized spacial score (nSPS) is 17.3. The van der Waals surface area contributed by atoms with Crippen LogP contribution in [0.3, 0.4) is 0 Å². The summed E-state index contributed by atoms with van der Waals surface area (Å²) < 4.78 is 5.36. The first-order valence-electron chi connectivity index (χ1n) is 8.85.